The van der Waals surface area contributed by atoms with Crippen LogP contribution < -0.4 is 25.2 Å². The van der Waals surface area contributed by atoms with Gasteiger partial charge in [0.05, 0.1) is 30.5 Å². The van der Waals surface area contributed by atoms with Crippen molar-refractivity contribution in [1.82, 2.24) is 15.3 Å². The summed E-state index contributed by atoms with van der Waals surface area (Å²) in [5, 5.41) is 3.94. The topological polar surface area (TPSA) is 96.5 Å². The Labute approximate surface area is 229 Å². The summed E-state index contributed by atoms with van der Waals surface area (Å²) in [7, 11) is 3.12. The number of aryl methyl sites for hydroxylation is 1. The smallest absolute Gasteiger partial charge is 0.260 e. The first-order valence-corrected chi connectivity index (χ1v) is 14.3. The first-order valence-electron chi connectivity index (χ1n) is 14.3. The standard InChI is InChI=1S/C31H38N4O4/c1-38-26-17-24-25(18-27(26)39-2)33-30(34-28(24)36)35-14-12-31(13-15-35,19-20-6-5-7-20)29(37)32-23-11-10-21-8-3-4-9-22(21)16-23/h3-4,8-9,17-18,20,23H,5-7,10-16,19H2,1-2H3,(H,32,37)(H,33,34,36). The molecule has 2 heterocycles. The summed E-state index contributed by atoms with van der Waals surface area (Å²) < 4.78 is 10.8. The van der Waals surface area contributed by atoms with Crippen molar-refractivity contribution in [2.24, 2.45) is 11.3 Å². The lowest BCUT2D eigenvalue weighted by Crippen LogP contribution is -2.53. The first kappa shape index (κ1) is 25.7. The van der Waals surface area contributed by atoms with Crippen LogP contribution in [0.5, 0.6) is 11.5 Å². The SMILES string of the molecule is COc1cc2nc(N3CCC(CC4CCC4)(C(=O)NC4CCc5ccccc5C4)CC3)[nH]c(=O)c2cc1OC. The van der Waals surface area contributed by atoms with Crippen LogP contribution in [0.15, 0.2) is 41.2 Å². The van der Waals surface area contributed by atoms with Crippen LogP contribution in [0.4, 0.5) is 5.95 Å². The lowest BCUT2D eigenvalue weighted by Gasteiger charge is -2.45. The number of carbonyl (C=O) groups excluding carboxylic acids is 1. The van der Waals surface area contributed by atoms with Gasteiger partial charge in [0.25, 0.3) is 5.56 Å². The van der Waals surface area contributed by atoms with Crippen molar-refractivity contribution in [3.8, 4) is 11.5 Å². The van der Waals surface area contributed by atoms with Gasteiger partial charge in [0.2, 0.25) is 11.9 Å². The zero-order valence-corrected chi connectivity index (χ0v) is 22.9. The van der Waals surface area contributed by atoms with Crippen LogP contribution in [0.3, 0.4) is 0 Å². The van der Waals surface area contributed by atoms with Crippen LogP contribution in [0.25, 0.3) is 10.9 Å². The first-order chi connectivity index (χ1) is 19.0. The van der Waals surface area contributed by atoms with Crippen LogP contribution in [-0.2, 0) is 17.6 Å². The summed E-state index contributed by atoms with van der Waals surface area (Å²) in [6, 6.07) is 12.2. The van der Waals surface area contributed by atoms with E-state index < -0.39 is 0 Å². The Kier molecular flexibility index (Phi) is 6.95. The summed E-state index contributed by atoms with van der Waals surface area (Å²) in [4.78, 5) is 36.8. The van der Waals surface area contributed by atoms with Gasteiger partial charge in [0.1, 0.15) is 0 Å². The number of aromatic nitrogens is 2. The summed E-state index contributed by atoms with van der Waals surface area (Å²) in [6.07, 6.45) is 9.09. The lowest BCUT2D eigenvalue weighted by atomic mass is 9.66. The highest BCUT2D eigenvalue weighted by Gasteiger charge is 2.44. The van der Waals surface area contributed by atoms with Gasteiger partial charge in [0, 0.05) is 25.2 Å². The van der Waals surface area contributed by atoms with Gasteiger partial charge in [0.15, 0.2) is 11.5 Å². The van der Waals surface area contributed by atoms with E-state index in [4.69, 9.17) is 14.5 Å². The number of piperidine rings is 1. The minimum atomic E-state index is -0.369. The number of carbonyl (C=O) groups is 1. The van der Waals surface area contributed by atoms with Gasteiger partial charge in [-0.25, -0.2) is 4.98 Å². The van der Waals surface area contributed by atoms with Crippen molar-refractivity contribution >= 4 is 22.8 Å². The highest BCUT2D eigenvalue weighted by molar-refractivity contribution is 5.84. The van der Waals surface area contributed by atoms with E-state index in [1.54, 1.807) is 26.4 Å². The van der Waals surface area contributed by atoms with E-state index in [1.165, 1.54) is 30.4 Å². The Hall–Kier alpha value is -3.55. The summed E-state index contributed by atoms with van der Waals surface area (Å²) in [6.45, 7) is 1.35. The molecule has 1 aliphatic heterocycles. The second-order valence-corrected chi connectivity index (χ2v) is 11.6. The molecule has 2 aromatic carbocycles. The number of hydrogen-bond acceptors (Lipinski definition) is 6. The second kappa shape index (κ2) is 10.5. The Morgan fingerprint density at radius 3 is 2.49 bits per heavy atom. The predicted molar refractivity (Wildman–Crippen MR) is 152 cm³/mol. The average molecular weight is 531 g/mol. The molecule has 8 heteroatoms. The highest BCUT2D eigenvalue weighted by Crippen LogP contribution is 2.44. The fourth-order valence-corrected chi connectivity index (χ4v) is 6.68. The third kappa shape index (κ3) is 4.97. The molecule has 1 saturated heterocycles. The van der Waals surface area contributed by atoms with Crippen molar-refractivity contribution in [3.63, 3.8) is 0 Å². The Morgan fingerprint density at radius 1 is 1.08 bits per heavy atom. The lowest BCUT2D eigenvalue weighted by molar-refractivity contribution is -0.135. The summed E-state index contributed by atoms with van der Waals surface area (Å²) in [5.41, 5.74) is 2.75. The van der Waals surface area contributed by atoms with E-state index in [9.17, 15) is 9.59 Å². The maximum absolute atomic E-state index is 14.0. The molecule has 6 rings (SSSR count). The van der Waals surface area contributed by atoms with Crippen LogP contribution in [0.2, 0.25) is 0 Å². The number of nitrogens with one attached hydrogen (secondary N) is 2. The molecular formula is C31H38N4O4. The van der Waals surface area contributed by atoms with Crippen LogP contribution in [0.1, 0.15) is 56.1 Å². The van der Waals surface area contributed by atoms with E-state index in [0.29, 0.717) is 47.4 Å². The molecule has 3 aromatic rings. The molecule has 8 nitrogen and oxygen atoms in total. The number of methoxy groups -OCH3 is 2. The molecule has 1 unspecified atom stereocenters. The molecule has 1 atom stereocenters. The van der Waals surface area contributed by atoms with E-state index in [-0.39, 0.29) is 22.9 Å². The molecule has 1 amide bonds. The zero-order chi connectivity index (χ0) is 27.0. The van der Waals surface area contributed by atoms with Gasteiger partial charge in [-0.15, -0.1) is 0 Å². The van der Waals surface area contributed by atoms with Gasteiger partial charge < -0.3 is 19.7 Å². The molecule has 39 heavy (non-hydrogen) atoms. The van der Waals surface area contributed by atoms with Gasteiger partial charge >= 0.3 is 0 Å². The van der Waals surface area contributed by atoms with Crippen molar-refractivity contribution in [2.75, 3.05) is 32.2 Å². The van der Waals surface area contributed by atoms with E-state index in [2.05, 4.69) is 39.5 Å². The number of ether oxygens (including phenoxy) is 2. The number of anilines is 1. The number of fused-ring (bicyclic) bond motifs is 2. The number of benzene rings is 2. The number of H-pyrrole nitrogens is 1. The molecule has 3 aliphatic rings. The van der Waals surface area contributed by atoms with Crippen molar-refractivity contribution in [3.05, 3.63) is 57.9 Å². The molecule has 2 N–H and O–H groups in total. The second-order valence-electron chi connectivity index (χ2n) is 11.6. The average Bonchev–Trinajstić information content (AvgIpc) is 2.94. The Balaban J connectivity index is 1.20. The third-order valence-electron chi connectivity index (χ3n) is 9.29. The van der Waals surface area contributed by atoms with Crippen molar-refractivity contribution in [2.45, 2.75) is 63.8 Å². The minimum Gasteiger partial charge on any atom is -0.493 e. The van der Waals surface area contributed by atoms with E-state index >= 15 is 0 Å². The molecule has 0 bridgehead atoms. The summed E-state index contributed by atoms with van der Waals surface area (Å²) >= 11 is 0. The molecule has 206 valence electrons. The van der Waals surface area contributed by atoms with E-state index in [0.717, 1.165) is 38.5 Å². The van der Waals surface area contributed by atoms with Crippen LogP contribution >= 0.6 is 0 Å². The van der Waals surface area contributed by atoms with Crippen LogP contribution in [0, 0.1) is 11.3 Å². The number of nitrogens with zero attached hydrogens (tertiary/aromatic N) is 2. The van der Waals surface area contributed by atoms with Crippen molar-refractivity contribution < 1.29 is 14.3 Å². The quantitative estimate of drug-likeness (QED) is 0.470. The Bertz CT molecular complexity index is 1420. The third-order valence-corrected chi connectivity index (χ3v) is 9.29. The predicted octanol–water partition coefficient (Wildman–Crippen LogP) is 4.39. The van der Waals surface area contributed by atoms with Crippen LogP contribution in [-0.4, -0.2) is 49.2 Å². The molecule has 2 fully saturated rings. The molecule has 2 aliphatic carbocycles. The monoisotopic (exact) mass is 530 g/mol. The number of amides is 1. The Morgan fingerprint density at radius 2 is 1.79 bits per heavy atom. The molecule has 1 saturated carbocycles. The highest BCUT2D eigenvalue weighted by atomic mass is 16.5. The maximum Gasteiger partial charge on any atom is 0.260 e. The van der Waals surface area contributed by atoms with Gasteiger partial charge in [-0.3, -0.25) is 14.6 Å². The minimum absolute atomic E-state index is 0.189. The zero-order valence-electron chi connectivity index (χ0n) is 22.9. The number of hydrogen-bond donors (Lipinski definition) is 2. The largest absolute Gasteiger partial charge is 0.493 e. The van der Waals surface area contributed by atoms with Gasteiger partial charge in [-0.05, 0) is 61.6 Å². The number of aromatic amines is 1. The maximum atomic E-state index is 14.0. The molecule has 0 radical (unpaired) electrons. The fraction of sp³-hybridized carbons (Fsp3) is 0.516. The summed E-state index contributed by atoms with van der Waals surface area (Å²) in [5.74, 6) is 2.43. The van der Waals surface area contributed by atoms with Gasteiger partial charge in [-0.2, -0.15) is 0 Å². The molecule has 0 spiro atoms. The number of rotatable bonds is 7. The molecule has 1 aromatic heterocycles. The van der Waals surface area contributed by atoms with Crippen molar-refractivity contribution in [1.29, 1.82) is 0 Å². The van der Waals surface area contributed by atoms with Gasteiger partial charge in [-0.1, -0.05) is 43.5 Å². The molecular weight excluding hydrogens is 492 g/mol. The fourth-order valence-electron chi connectivity index (χ4n) is 6.68. The van der Waals surface area contributed by atoms with E-state index in [1.807, 2.05) is 0 Å². The normalized spacial score (nSPS) is 20.7.